The molecule has 5 heteroatoms. The minimum absolute atomic E-state index is 0.00254. The molecule has 0 fully saturated rings. The maximum absolute atomic E-state index is 11.0. The number of nitro benzene ring substituents is 1. The van der Waals surface area contributed by atoms with Crippen LogP contribution < -0.4 is 5.73 Å². The van der Waals surface area contributed by atoms with E-state index in [1.807, 2.05) is 26.8 Å². The Morgan fingerprint density at radius 3 is 2.33 bits per heavy atom. The number of hydrogen-bond acceptors (Lipinski definition) is 4. The normalized spacial score (nSPS) is 12.0. The summed E-state index contributed by atoms with van der Waals surface area (Å²) < 4.78 is 0. The molecule has 3 N–H and O–H groups in total. The molecule has 126 valence electrons. The van der Waals surface area contributed by atoms with Crippen molar-refractivity contribution in [1.82, 2.24) is 0 Å². The second kappa shape index (κ2) is 6.93. The zero-order valence-corrected chi connectivity index (χ0v) is 14.5. The Kier molecular flexibility index (Phi) is 5.14. The van der Waals surface area contributed by atoms with Gasteiger partial charge in [0.2, 0.25) is 0 Å². The Labute approximate surface area is 142 Å². The highest BCUT2D eigenvalue weighted by Gasteiger charge is 2.16. The summed E-state index contributed by atoms with van der Waals surface area (Å²) >= 11 is 0. The van der Waals surface area contributed by atoms with Gasteiger partial charge >= 0.3 is 0 Å². The SMILES string of the molecule is Cc1cc(CC(C)N)c(C(=N)c2ccc([N+](=O)[O-])c(C)c2)cc1C. The predicted octanol–water partition coefficient (Wildman–Crippen LogP) is 3.83. The topological polar surface area (TPSA) is 93.0 Å². The molecule has 1 unspecified atom stereocenters. The van der Waals surface area contributed by atoms with Gasteiger partial charge in [0.05, 0.1) is 10.6 Å². The highest BCUT2D eigenvalue weighted by atomic mass is 16.6. The molecular weight excluding hydrogens is 302 g/mol. The Morgan fingerprint density at radius 1 is 1.17 bits per heavy atom. The first-order valence-electron chi connectivity index (χ1n) is 7.90. The molecule has 0 amide bonds. The van der Waals surface area contributed by atoms with Crippen LogP contribution in [0.4, 0.5) is 5.69 Å². The monoisotopic (exact) mass is 325 g/mol. The largest absolute Gasteiger partial charge is 0.328 e. The predicted molar refractivity (Wildman–Crippen MR) is 97.0 cm³/mol. The molecule has 0 saturated heterocycles. The lowest BCUT2D eigenvalue weighted by atomic mass is 9.90. The van der Waals surface area contributed by atoms with Gasteiger partial charge in [0, 0.05) is 28.8 Å². The van der Waals surface area contributed by atoms with Crippen molar-refractivity contribution in [3.05, 3.63) is 73.8 Å². The molecule has 0 aliphatic rings. The van der Waals surface area contributed by atoms with E-state index in [2.05, 4.69) is 6.07 Å². The van der Waals surface area contributed by atoms with E-state index in [4.69, 9.17) is 11.1 Å². The van der Waals surface area contributed by atoms with Crippen LogP contribution in [0, 0.1) is 36.3 Å². The van der Waals surface area contributed by atoms with E-state index in [1.54, 1.807) is 19.1 Å². The second-order valence-corrected chi connectivity index (χ2v) is 6.41. The van der Waals surface area contributed by atoms with Gasteiger partial charge in [0.15, 0.2) is 0 Å². The van der Waals surface area contributed by atoms with Crippen LogP contribution in [-0.2, 0) is 6.42 Å². The number of nitrogens with two attached hydrogens (primary N) is 1. The molecule has 0 radical (unpaired) electrons. The quantitative estimate of drug-likeness (QED) is 0.497. The van der Waals surface area contributed by atoms with Crippen LogP contribution >= 0.6 is 0 Å². The first-order chi connectivity index (χ1) is 11.2. The molecule has 0 aromatic heterocycles. The fourth-order valence-corrected chi connectivity index (χ4v) is 2.80. The van der Waals surface area contributed by atoms with E-state index in [-0.39, 0.29) is 11.7 Å². The van der Waals surface area contributed by atoms with Gasteiger partial charge in [0.25, 0.3) is 5.69 Å². The van der Waals surface area contributed by atoms with E-state index in [0.29, 0.717) is 23.3 Å². The Morgan fingerprint density at radius 2 is 1.79 bits per heavy atom. The molecule has 0 spiro atoms. The van der Waals surface area contributed by atoms with Gasteiger partial charge in [-0.05, 0) is 69.0 Å². The summed E-state index contributed by atoms with van der Waals surface area (Å²) in [5.74, 6) is 0. The highest BCUT2D eigenvalue weighted by molar-refractivity contribution is 6.12. The molecule has 0 aliphatic carbocycles. The molecule has 0 aliphatic heterocycles. The molecule has 1 atom stereocenters. The Hall–Kier alpha value is -2.53. The zero-order chi connectivity index (χ0) is 18.0. The van der Waals surface area contributed by atoms with E-state index >= 15 is 0 Å². The number of hydrogen-bond donors (Lipinski definition) is 2. The standard InChI is InChI=1S/C19H23N3O2/c1-11-7-16(10-14(4)20)17(9-12(11)2)19(21)15-5-6-18(22(23)24)13(3)8-15/h5-9,14,21H,10,20H2,1-4H3. The van der Waals surface area contributed by atoms with E-state index in [9.17, 15) is 10.1 Å². The average molecular weight is 325 g/mol. The van der Waals surface area contributed by atoms with Gasteiger partial charge < -0.3 is 5.73 Å². The van der Waals surface area contributed by atoms with Gasteiger partial charge in [-0.15, -0.1) is 0 Å². The van der Waals surface area contributed by atoms with Gasteiger partial charge in [-0.25, -0.2) is 0 Å². The lowest BCUT2D eigenvalue weighted by molar-refractivity contribution is -0.385. The third-order valence-electron chi connectivity index (χ3n) is 4.21. The summed E-state index contributed by atoms with van der Waals surface area (Å²) in [7, 11) is 0. The number of rotatable bonds is 5. The minimum Gasteiger partial charge on any atom is -0.328 e. The smallest absolute Gasteiger partial charge is 0.272 e. The summed E-state index contributed by atoms with van der Waals surface area (Å²) in [5.41, 5.74) is 11.8. The average Bonchev–Trinajstić information content (AvgIpc) is 2.49. The summed E-state index contributed by atoms with van der Waals surface area (Å²) in [5, 5.41) is 19.6. The Balaban J connectivity index is 2.51. The molecule has 24 heavy (non-hydrogen) atoms. The van der Waals surface area contributed by atoms with Gasteiger partial charge in [-0.2, -0.15) is 0 Å². The van der Waals surface area contributed by atoms with Crippen molar-refractivity contribution in [3.8, 4) is 0 Å². The fraction of sp³-hybridized carbons (Fsp3) is 0.316. The van der Waals surface area contributed by atoms with Crippen LogP contribution in [0.5, 0.6) is 0 Å². The molecule has 0 bridgehead atoms. The van der Waals surface area contributed by atoms with E-state index in [1.165, 1.54) is 11.6 Å². The van der Waals surface area contributed by atoms with Gasteiger partial charge in [0.1, 0.15) is 0 Å². The lowest BCUT2D eigenvalue weighted by Gasteiger charge is -2.16. The number of nitrogens with one attached hydrogen (secondary N) is 1. The maximum atomic E-state index is 11.0. The molecule has 0 heterocycles. The van der Waals surface area contributed by atoms with Crippen molar-refractivity contribution in [3.63, 3.8) is 0 Å². The van der Waals surface area contributed by atoms with E-state index < -0.39 is 4.92 Å². The fourth-order valence-electron chi connectivity index (χ4n) is 2.80. The molecule has 2 aromatic carbocycles. The second-order valence-electron chi connectivity index (χ2n) is 6.41. The van der Waals surface area contributed by atoms with Crippen molar-refractivity contribution in [2.45, 2.75) is 40.2 Å². The minimum atomic E-state index is -0.402. The Bertz CT molecular complexity index is 810. The highest BCUT2D eigenvalue weighted by Crippen LogP contribution is 2.24. The first kappa shape index (κ1) is 17.8. The van der Waals surface area contributed by atoms with Crippen molar-refractivity contribution in [2.24, 2.45) is 5.73 Å². The van der Waals surface area contributed by atoms with Crippen LogP contribution in [0.15, 0.2) is 30.3 Å². The third-order valence-corrected chi connectivity index (χ3v) is 4.21. The van der Waals surface area contributed by atoms with Crippen LogP contribution in [0.1, 0.15) is 40.3 Å². The summed E-state index contributed by atoms with van der Waals surface area (Å²) in [6.45, 7) is 7.70. The first-order valence-corrected chi connectivity index (χ1v) is 7.90. The molecule has 2 rings (SSSR count). The number of aryl methyl sites for hydroxylation is 3. The molecule has 0 saturated carbocycles. The molecule has 5 nitrogen and oxygen atoms in total. The van der Waals surface area contributed by atoms with Crippen LogP contribution in [0.25, 0.3) is 0 Å². The van der Waals surface area contributed by atoms with Crippen LogP contribution in [-0.4, -0.2) is 16.7 Å². The third kappa shape index (κ3) is 3.68. The van der Waals surface area contributed by atoms with Gasteiger partial charge in [-0.3, -0.25) is 15.5 Å². The summed E-state index contributed by atoms with van der Waals surface area (Å²) in [4.78, 5) is 10.6. The lowest BCUT2D eigenvalue weighted by Crippen LogP contribution is -2.20. The van der Waals surface area contributed by atoms with E-state index in [0.717, 1.165) is 16.7 Å². The van der Waals surface area contributed by atoms with Crippen LogP contribution in [0.2, 0.25) is 0 Å². The van der Waals surface area contributed by atoms with Crippen molar-refractivity contribution in [2.75, 3.05) is 0 Å². The van der Waals surface area contributed by atoms with Crippen molar-refractivity contribution >= 4 is 11.4 Å². The number of nitrogens with zero attached hydrogens (tertiary/aromatic N) is 1. The van der Waals surface area contributed by atoms with Crippen molar-refractivity contribution in [1.29, 1.82) is 5.41 Å². The molecular formula is C19H23N3O2. The van der Waals surface area contributed by atoms with Crippen LogP contribution in [0.3, 0.4) is 0 Å². The number of nitro groups is 1. The zero-order valence-electron chi connectivity index (χ0n) is 14.5. The molecule has 2 aromatic rings. The summed E-state index contributed by atoms with van der Waals surface area (Å²) in [6.07, 6.45) is 0.685. The maximum Gasteiger partial charge on any atom is 0.272 e. The van der Waals surface area contributed by atoms with Gasteiger partial charge in [-0.1, -0.05) is 6.07 Å². The van der Waals surface area contributed by atoms with Crippen molar-refractivity contribution < 1.29 is 4.92 Å². The number of benzene rings is 2. The summed E-state index contributed by atoms with van der Waals surface area (Å²) in [6, 6.07) is 8.89.